The van der Waals surface area contributed by atoms with Crippen molar-refractivity contribution in [2.24, 2.45) is 5.41 Å². The van der Waals surface area contributed by atoms with E-state index in [2.05, 4.69) is 14.2 Å². The zero-order valence-electron chi connectivity index (χ0n) is 12.0. The van der Waals surface area contributed by atoms with E-state index in [4.69, 9.17) is 0 Å². The van der Waals surface area contributed by atoms with E-state index in [1.54, 1.807) is 0 Å². The van der Waals surface area contributed by atoms with Crippen LogP contribution in [0.1, 0.15) is 0 Å². The zero-order chi connectivity index (χ0) is 19.1. The summed E-state index contributed by atoms with van der Waals surface area (Å²) in [5.74, 6) is 0. The number of aliphatic hydroxyl groups excluding tert-OH is 1. The van der Waals surface area contributed by atoms with Crippen LogP contribution in [-0.4, -0.2) is 69.9 Å². The molecule has 0 aliphatic carbocycles. The monoisotopic (exact) mass is 382 g/mol. The predicted octanol–water partition coefficient (Wildman–Crippen LogP) is 2.70. The molecule has 0 aliphatic heterocycles. The molecule has 0 radical (unpaired) electrons. The summed E-state index contributed by atoms with van der Waals surface area (Å²) in [5, 5.41) is 9.18. The molecule has 0 heterocycles. The van der Waals surface area contributed by atoms with E-state index in [-0.39, 0.29) is 0 Å². The van der Waals surface area contributed by atoms with Crippen molar-refractivity contribution in [1.82, 2.24) is 0 Å². The predicted molar refractivity (Wildman–Crippen MR) is 60.1 cm³/mol. The van der Waals surface area contributed by atoms with Crippen LogP contribution in [0.3, 0.4) is 0 Å². The Morgan fingerprint density at radius 3 is 0.917 bits per heavy atom. The maximum atomic E-state index is 12.0. The van der Waals surface area contributed by atoms with Gasteiger partial charge in [-0.3, -0.25) is 0 Å². The van der Waals surface area contributed by atoms with Gasteiger partial charge < -0.3 is 19.3 Å². The first-order valence-electron chi connectivity index (χ1n) is 6.22. The summed E-state index contributed by atoms with van der Waals surface area (Å²) in [7, 11) is 0. The maximum Gasteiger partial charge on any atom is 0.411 e. The minimum Gasteiger partial charge on any atom is -0.396 e. The second-order valence-corrected chi connectivity index (χ2v) is 4.98. The highest BCUT2D eigenvalue weighted by Crippen LogP contribution is 2.25. The molecule has 0 aromatic carbocycles. The summed E-state index contributed by atoms with van der Waals surface area (Å²) >= 11 is 0. The molecule has 4 nitrogen and oxygen atoms in total. The summed E-state index contributed by atoms with van der Waals surface area (Å²) < 4.78 is 121. The quantitative estimate of drug-likeness (QED) is 0.591. The summed E-state index contributed by atoms with van der Waals surface area (Å²) in [6.07, 6.45) is -14.3. The Balaban J connectivity index is 4.73. The van der Waals surface area contributed by atoms with Crippen molar-refractivity contribution in [2.45, 2.75) is 18.5 Å². The number of halogens is 9. The second-order valence-electron chi connectivity index (χ2n) is 4.98. The van der Waals surface area contributed by atoms with E-state index in [0.29, 0.717) is 0 Å². The lowest BCUT2D eigenvalue weighted by molar-refractivity contribution is -0.214. The van der Waals surface area contributed by atoms with Crippen molar-refractivity contribution in [2.75, 3.05) is 46.2 Å². The van der Waals surface area contributed by atoms with Gasteiger partial charge in [-0.2, -0.15) is 39.5 Å². The number of rotatable bonds is 10. The van der Waals surface area contributed by atoms with Crippen LogP contribution in [-0.2, 0) is 14.2 Å². The number of hydrogen-bond donors (Lipinski definition) is 1. The SMILES string of the molecule is OCC(COCC(F)(F)F)(COCC(F)(F)F)COCC(F)(F)F. The molecule has 0 saturated carbocycles. The lowest BCUT2D eigenvalue weighted by Crippen LogP contribution is -2.43. The maximum absolute atomic E-state index is 12.0. The lowest BCUT2D eigenvalue weighted by atomic mass is 9.92. The smallest absolute Gasteiger partial charge is 0.396 e. The van der Waals surface area contributed by atoms with Gasteiger partial charge >= 0.3 is 18.5 Å². The van der Waals surface area contributed by atoms with Crippen LogP contribution in [0, 0.1) is 5.41 Å². The molecule has 146 valence electrons. The number of hydrogen-bond acceptors (Lipinski definition) is 4. The molecule has 0 aliphatic rings. The Kier molecular flexibility index (Phi) is 8.76. The van der Waals surface area contributed by atoms with Gasteiger partial charge in [0.2, 0.25) is 0 Å². The molecule has 0 amide bonds. The van der Waals surface area contributed by atoms with Crippen LogP contribution in [0.2, 0.25) is 0 Å². The second kappa shape index (κ2) is 9.06. The van der Waals surface area contributed by atoms with Gasteiger partial charge in [0.25, 0.3) is 0 Å². The van der Waals surface area contributed by atoms with E-state index in [1.165, 1.54) is 0 Å². The molecule has 0 aromatic rings. The Hall–Kier alpha value is -0.790. The molecule has 0 fully saturated rings. The standard InChI is InChI=1S/C11H15F9O4/c12-9(13,14)5-22-2-8(1-21,3-23-6-10(15,16)17)4-24-7-11(18,19)20/h21H,1-7H2. The summed E-state index contributed by atoms with van der Waals surface area (Å²) in [6, 6.07) is 0. The Morgan fingerprint density at radius 2 is 0.750 bits per heavy atom. The summed E-state index contributed by atoms with van der Waals surface area (Å²) in [4.78, 5) is 0. The van der Waals surface area contributed by atoms with Crippen LogP contribution < -0.4 is 0 Å². The third-order valence-corrected chi connectivity index (χ3v) is 2.36. The molecule has 0 unspecified atom stereocenters. The average molecular weight is 382 g/mol. The number of ether oxygens (including phenoxy) is 3. The molecular weight excluding hydrogens is 367 g/mol. The van der Waals surface area contributed by atoms with Crippen molar-refractivity contribution >= 4 is 0 Å². The fraction of sp³-hybridized carbons (Fsp3) is 1.00. The molecule has 0 spiro atoms. The Morgan fingerprint density at radius 1 is 0.500 bits per heavy atom. The highest BCUT2D eigenvalue weighted by Gasteiger charge is 2.38. The minimum absolute atomic E-state index is 1.02. The van der Waals surface area contributed by atoms with Crippen molar-refractivity contribution in [3.63, 3.8) is 0 Å². The fourth-order valence-corrected chi connectivity index (χ4v) is 1.41. The van der Waals surface area contributed by atoms with E-state index in [1.807, 2.05) is 0 Å². The first-order valence-corrected chi connectivity index (χ1v) is 6.22. The van der Waals surface area contributed by atoms with Crippen LogP contribution in [0.15, 0.2) is 0 Å². The topological polar surface area (TPSA) is 47.9 Å². The zero-order valence-corrected chi connectivity index (χ0v) is 12.0. The van der Waals surface area contributed by atoms with Crippen LogP contribution in [0.5, 0.6) is 0 Å². The highest BCUT2D eigenvalue weighted by molar-refractivity contribution is 4.79. The molecule has 0 bridgehead atoms. The number of aliphatic hydroxyl groups is 1. The normalized spacial score (nSPS) is 14.2. The van der Waals surface area contributed by atoms with Crippen molar-refractivity contribution in [1.29, 1.82) is 0 Å². The summed E-state index contributed by atoms with van der Waals surface area (Å²) in [6.45, 7) is -9.55. The van der Waals surface area contributed by atoms with E-state index in [0.717, 1.165) is 0 Å². The lowest BCUT2D eigenvalue weighted by Gasteiger charge is -2.31. The molecule has 1 N–H and O–H groups in total. The first kappa shape index (κ1) is 23.2. The van der Waals surface area contributed by atoms with Gasteiger partial charge in [-0.25, -0.2) is 0 Å². The highest BCUT2D eigenvalue weighted by atomic mass is 19.4. The van der Waals surface area contributed by atoms with Crippen molar-refractivity contribution < 1.29 is 58.8 Å². The van der Waals surface area contributed by atoms with E-state index < -0.39 is 70.2 Å². The van der Waals surface area contributed by atoms with Crippen molar-refractivity contribution in [3.8, 4) is 0 Å². The van der Waals surface area contributed by atoms with Gasteiger partial charge in [-0.1, -0.05) is 0 Å². The summed E-state index contributed by atoms with van der Waals surface area (Å²) in [5.41, 5.74) is -2.01. The van der Waals surface area contributed by atoms with Gasteiger partial charge in [0.1, 0.15) is 19.8 Å². The van der Waals surface area contributed by atoms with Crippen LogP contribution in [0.25, 0.3) is 0 Å². The van der Waals surface area contributed by atoms with E-state index >= 15 is 0 Å². The fourth-order valence-electron chi connectivity index (χ4n) is 1.41. The molecule has 13 heteroatoms. The first-order chi connectivity index (χ1) is 10.7. The molecular formula is C11H15F9O4. The molecule has 0 aromatic heterocycles. The van der Waals surface area contributed by atoms with Crippen LogP contribution in [0.4, 0.5) is 39.5 Å². The molecule has 0 saturated heterocycles. The van der Waals surface area contributed by atoms with Gasteiger partial charge in [0.15, 0.2) is 0 Å². The van der Waals surface area contributed by atoms with Gasteiger partial charge in [0.05, 0.1) is 31.8 Å². The molecule has 0 rings (SSSR count). The molecule has 24 heavy (non-hydrogen) atoms. The Bertz CT molecular complexity index is 301. The van der Waals surface area contributed by atoms with E-state index in [9.17, 15) is 44.6 Å². The van der Waals surface area contributed by atoms with Gasteiger partial charge in [-0.15, -0.1) is 0 Å². The van der Waals surface area contributed by atoms with Crippen LogP contribution >= 0.6 is 0 Å². The average Bonchev–Trinajstić information content (AvgIpc) is 2.33. The minimum atomic E-state index is -4.76. The van der Waals surface area contributed by atoms with Gasteiger partial charge in [-0.05, 0) is 0 Å². The largest absolute Gasteiger partial charge is 0.411 e. The van der Waals surface area contributed by atoms with Crippen molar-refractivity contribution in [3.05, 3.63) is 0 Å². The van der Waals surface area contributed by atoms with Gasteiger partial charge in [0, 0.05) is 0 Å². The third kappa shape index (κ3) is 12.6. The Labute approximate surface area is 130 Å². The molecule has 0 atom stereocenters. The third-order valence-electron chi connectivity index (χ3n) is 2.36. The number of alkyl halides is 9.